The second-order valence-corrected chi connectivity index (χ2v) is 8.19. The Morgan fingerprint density at radius 3 is 2.62 bits per heavy atom. The molecule has 2 heterocycles. The van der Waals surface area contributed by atoms with Crippen LogP contribution in [0, 0.1) is 12.8 Å². The van der Waals surface area contributed by atoms with Crippen LogP contribution in [0.15, 0.2) is 35.5 Å². The van der Waals surface area contributed by atoms with Crippen LogP contribution < -0.4 is 0 Å². The molecule has 0 bridgehead atoms. The minimum absolute atomic E-state index is 0.0130. The molecule has 0 saturated carbocycles. The molecule has 0 amide bonds. The predicted octanol–water partition coefficient (Wildman–Crippen LogP) is 1.29. The number of carboxylic acid groups (broad SMARTS) is 1. The lowest BCUT2D eigenvalue weighted by atomic mass is 9.96. The van der Waals surface area contributed by atoms with Gasteiger partial charge >= 0.3 is 5.97 Å². The van der Waals surface area contributed by atoms with E-state index in [-0.39, 0.29) is 16.4 Å². The molecule has 1 aromatic carbocycles. The number of hydrogen-bond acceptors (Lipinski definition) is 4. The smallest absolute Gasteiger partial charge is 0.335 e. The standard InChI is InChI=1S/C16H19N3O4S/c1-11-3-14(16(20)21)6-15(4-11)24(22,23)19-9-13(10-19)5-12-7-17-18(2)8-12/h3-4,6-8,13H,5,9-10H2,1-2H3,(H,20,21). The van der Waals surface area contributed by atoms with Crippen molar-refractivity contribution in [2.75, 3.05) is 13.1 Å². The van der Waals surface area contributed by atoms with E-state index in [1.807, 2.05) is 13.2 Å². The fraction of sp³-hybridized carbons (Fsp3) is 0.375. The van der Waals surface area contributed by atoms with Gasteiger partial charge in [-0.1, -0.05) is 0 Å². The third-order valence-electron chi connectivity index (χ3n) is 4.14. The molecular formula is C16H19N3O4S. The van der Waals surface area contributed by atoms with Crippen molar-refractivity contribution >= 4 is 16.0 Å². The number of carbonyl (C=O) groups is 1. The van der Waals surface area contributed by atoms with E-state index in [0.717, 1.165) is 12.0 Å². The molecule has 128 valence electrons. The number of rotatable bonds is 5. The summed E-state index contributed by atoms with van der Waals surface area (Å²) in [6, 6.07) is 4.19. The Morgan fingerprint density at radius 2 is 2.04 bits per heavy atom. The van der Waals surface area contributed by atoms with Crippen LogP contribution in [-0.2, 0) is 23.5 Å². The quantitative estimate of drug-likeness (QED) is 0.878. The summed E-state index contributed by atoms with van der Waals surface area (Å²) in [7, 11) is -1.81. The lowest BCUT2D eigenvalue weighted by Crippen LogP contribution is -2.50. The van der Waals surface area contributed by atoms with Gasteiger partial charge in [0.15, 0.2) is 0 Å². The number of hydrogen-bond donors (Lipinski definition) is 1. The zero-order chi connectivity index (χ0) is 17.5. The van der Waals surface area contributed by atoms with E-state index < -0.39 is 16.0 Å². The van der Waals surface area contributed by atoms with E-state index in [1.54, 1.807) is 17.8 Å². The third kappa shape index (κ3) is 3.20. The van der Waals surface area contributed by atoms with E-state index in [2.05, 4.69) is 5.10 Å². The maximum absolute atomic E-state index is 12.7. The lowest BCUT2D eigenvalue weighted by Gasteiger charge is -2.38. The fourth-order valence-corrected chi connectivity index (χ4v) is 4.65. The van der Waals surface area contributed by atoms with Crippen molar-refractivity contribution in [3.8, 4) is 0 Å². The highest BCUT2D eigenvalue weighted by Gasteiger charge is 2.37. The van der Waals surface area contributed by atoms with Crippen LogP contribution in [0.25, 0.3) is 0 Å². The molecule has 0 aliphatic carbocycles. The summed E-state index contributed by atoms with van der Waals surface area (Å²) in [5.41, 5.74) is 1.69. The molecule has 0 atom stereocenters. The highest BCUT2D eigenvalue weighted by Crippen LogP contribution is 2.28. The van der Waals surface area contributed by atoms with Gasteiger partial charge in [-0.2, -0.15) is 9.40 Å². The van der Waals surface area contributed by atoms with Crippen LogP contribution in [0.2, 0.25) is 0 Å². The van der Waals surface area contributed by atoms with E-state index >= 15 is 0 Å². The molecule has 0 spiro atoms. The molecule has 1 saturated heterocycles. The van der Waals surface area contributed by atoms with Gasteiger partial charge in [0.05, 0.1) is 16.7 Å². The molecule has 7 nitrogen and oxygen atoms in total. The van der Waals surface area contributed by atoms with Crippen molar-refractivity contribution in [3.63, 3.8) is 0 Å². The number of sulfonamides is 1. The average molecular weight is 349 g/mol. The van der Waals surface area contributed by atoms with E-state index in [0.29, 0.717) is 18.7 Å². The van der Waals surface area contributed by atoms with Gasteiger partial charge in [-0.15, -0.1) is 0 Å². The summed E-state index contributed by atoms with van der Waals surface area (Å²) in [6.45, 7) is 2.56. The molecule has 8 heteroatoms. The van der Waals surface area contributed by atoms with Crippen LogP contribution in [0.3, 0.4) is 0 Å². The van der Waals surface area contributed by atoms with Crippen molar-refractivity contribution in [2.24, 2.45) is 13.0 Å². The van der Waals surface area contributed by atoms with Crippen LogP contribution in [0.5, 0.6) is 0 Å². The minimum atomic E-state index is -3.65. The van der Waals surface area contributed by atoms with Crippen LogP contribution >= 0.6 is 0 Å². The Bertz CT molecular complexity index is 882. The largest absolute Gasteiger partial charge is 0.478 e. The number of carboxylic acids is 1. The summed E-state index contributed by atoms with van der Waals surface area (Å²) < 4.78 is 28.4. The Hall–Kier alpha value is -2.19. The molecule has 1 fully saturated rings. The van der Waals surface area contributed by atoms with Crippen molar-refractivity contribution in [1.29, 1.82) is 0 Å². The zero-order valence-electron chi connectivity index (χ0n) is 13.5. The molecule has 1 aliphatic heterocycles. The molecule has 1 aliphatic rings. The van der Waals surface area contributed by atoms with Crippen LogP contribution in [0.4, 0.5) is 0 Å². The van der Waals surface area contributed by atoms with Crippen molar-refractivity contribution < 1.29 is 18.3 Å². The predicted molar refractivity (Wildman–Crippen MR) is 87.3 cm³/mol. The Labute approximate surface area is 140 Å². The van der Waals surface area contributed by atoms with Gasteiger partial charge in [0.25, 0.3) is 0 Å². The van der Waals surface area contributed by atoms with E-state index in [1.165, 1.54) is 22.5 Å². The molecule has 0 unspecified atom stereocenters. The van der Waals surface area contributed by atoms with Gasteiger partial charge in [-0.05, 0) is 48.6 Å². The summed E-state index contributed by atoms with van der Waals surface area (Å²) in [5.74, 6) is -0.874. The lowest BCUT2D eigenvalue weighted by molar-refractivity contribution is 0.0696. The number of aryl methyl sites for hydroxylation is 2. The molecule has 2 aromatic rings. The normalized spacial score (nSPS) is 16.1. The zero-order valence-corrected chi connectivity index (χ0v) is 14.3. The van der Waals surface area contributed by atoms with E-state index in [9.17, 15) is 13.2 Å². The summed E-state index contributed by atoms with van der Waals surface area (Å²) >= 11 is 0. The van der Waals surface area contributed by atoms with Crippen molar-refractivity contribution in [3.05, 3.63) is 47.3 Å². The van der Waals surface area contributed by atoms with Crippen molar-refractivity contribution in [1.82, 2.24) is 14.1 Å². The number of nitrogens with zero attached hydrogens (tertiary/aromatic N) is 3. The number of aromatic nitrogens is 2. The van der Waals surface area contributed by atoms with Gasteiger partial charge in [-0.3, -0.25) is 4.68 Å². The minimum Gasteiger partial charge on any atom is -0.478 e. The third-order valence-corrected chi connectivity index (χ3v) is 5.95. The summed E-state index contributed by atoms with van der Waals surface area (Å²) in [5, 5.41) is 13.2. The molecule has 1 aromatic heterocycles. The first-order chi connectivity index (χ1) is 11.3. The first kappa shape index (κ1) is 16.7. The van der Waals surface area contributed by atoms with Gasteiger partial charge < -0.3 is 5.11 Å². The molecule has 0 radical (unpaired) electrons. The van der Waals surface area contributed by atoms with E-state index in [4.69, 9.17) is 5.11 Å². The second kappa shape index (κ2) is 6.03. The first-order valence-electron chi connectivity index (χ1n) is 7.58. The van der Waals surface area contributed by atoms with Gasteiger partial charge in [0, 0.05) is 26.3 Å². The van der Waals surface area contributed by atoms with Crippen LogP contribution in [-0.4, -0.2) is 46.7 Å². The highest BCUT2D eigenvalue weighted by molar-refractivity contribution is 7.89. The number of aromatic carboxylic acids is 1. The number of benzene rings is 1. The SMILES string of the molecule is Cc1cc(C(=O)O)cc(S(=O)(=O)N2CC(Cc3cnn(C)c3)C2)c1. The molecule has 3 rings (SSSR count). The second-order valence-electron chi connectivity index (χ2n) is 6.25. The highest BCUT2D eigenvalue weighted by atomic mass is 32.2. The summed E-state index contributed by atoms with van der Waals surface area (Å²) in [4.78, 5) is 11.2. The topological polar surface area (TPSA) is 92.5 Å². The maximum atomic E-state index is 12.7. The Kier molecular flexibility index (Phi) is 4.18. The Morgan fingerprint density at radius 1 is 1.33 bits per heavy atom. The average Bonchev–Trinajstić information content (AvgIpc) is 2.87. The summed E-state index contributed by atoms with van der Waals surface area (Å²) in [6.07, 6.45) is 4.50. The molecule has 24 heavy (non-hydrogen) atoms. The van der Waals surface area contributed by atoms with Crippen LogP contribution in [0.1, 0.15) is 21.5 Å². The van der Waals surface area contributed by atoms with Gasteiger partial charge in [0.1, 0.15) is 0 Å². The maximum Gasteiger partial charge on any atom is 0.335 e. The monoisotopic (exact) mass is 349 g/mol. The molecule has 1 N–H and O–H groups in total. The first-order valence-corrected chi connectivity index (χ1v) is 9.02. The van der Waals surface area contributed by atoms with Gasteiger partial charge in [-0.25, -0.2) is 13.2 Å². The molecular weight excluding hydrogens is 330 g/mol. The fourth-order valence-electron chi connectivity index (χ4n) is 2.93. The van der Waals surface area contributed by atoms with Gasteiger partial charge in [0.2, 0.25) is 10.0 Å². The Balaban J connectivity index is 1.72. The van der Waals surface area contributed by atoms with Crippen molar-refractivity contribution in [2.45, 2.75) is 18.2 Å².